The fourth-order valence-electron chi connectivity index (χ4n) is 1.55. The number of hydrogen-bond acceptors (Lipinski definition) is 2. The first-order valence-corrected chi connectivity index (χ1v) is 7.19. The molecule has 2 rings (SSSR count). The van der Waals surface area contributed by atoms with Gasteiger partial charge in [-0.2, -0.15) is 0 Å². The number of benzene rings is 1. The molecule has 0 atom stereocenters. The molecule has 0 fully saturated rings. The van der Waals surface area contributed by atoms with Crippen molar-refractivity contribution < 1.29 is 4.74 Å². The Kier molecular flexibility index (Phi) is 4.30. The van der Waals surface area contributed by atoms with E-state index in [1.54, 1.807) is 6.20 Å². The first-order valence-electron chi connectivity index (χ1n) is 5.23. The summed E-state index contributed by atoms with van der Waals surface area (Å²) in [5.74, 6) is 1.25. The smallest absolute Gasteiger partial charge is 0.233 e. The highest BCUT2D eigenvalue weighted by molar-refractivity contribution is 9.11. The Morgan fingerprint density at radius 2 is 1.72 bits per heavy atom. The van der Waals surface area contributed by atoms with Gasteiger partial charge >= 0.3 is 0 Å². The molecule has 0 unspecified atom stereocenters. The third kappa shape index (κ3) is 3.05. The highest BCUT2D eigenvalue weighted by Crippen LogP contribution is 2.32. The molecule has 0 aliphatic rings. The highest BCUT2D eigenvalue weighted by atomic mass is 79.9. The van der Waals surface area contributed by atoms with Crippen LogP contribution in [-0.4, -0.2) is 4.98 Å². The van der Waals surface area contributed by atoms with E-state index in [0.29, 0.717) is 5.88 Å². The minimum atomic E-state index is 0.527. The lowest BCUT2D eigenvalue weighted by atomic mass is 10.1. The molecule has 1 aromatic carbocycles. The molecule has 1 aromatic heterocycles. The van der Waals surface area contributed by atoms with Crippen molar-refractivity contribution in [2.75, 3.05) is 0 Å². The number of aryl methyl sites for hydroxylation is 2. The maximum Gasteiger partial charge on any atom is 0.233 e. The van der Waals surface area contributed by atoms with Gasteiger partial charge in [-0.25, -0.2) is 4.98 Å². The Labute approximate surface area is 128 Å². The standard InChI is InChI=1S/C13H10Br2ClNO/c1-7-3-10(4-8(2)12(7)16)18-13-11(15)5-9(14)6-17-13/h3-6H,1-2H3. The van der Waals surface area contributed by atoms with Crippen LogP contribution in [0.1, 0.15) is 11.1 Å². The fourth-order valence-corrected chi connectivity index (χ4v) is 2.73. The molecule has 94 valence electrons. The van der Waals surface area contributed by atoms with Crippen molar-refractivity contribution in [1.82, 2.24) is 4.98 Å². The van der Waals surface area contributed by atoms with E-state index in [4.69, 9.17) is 16.3 Å². The molecule has 1 heterocycles. The van der Waals surface area contributed by atoms with E-state index in [2.05, 4.69) is 36.8 Å². The Hall–Kier alpha value is -0.580. The van der Waals surface area contributed by atoms with E-state index < -0.39 is 0 Å². The largest absolute Gasteiger partial charge is 0.438 e. The van der Waals surface area contributed by atoms with Crippen molar-refractivity contribution >= 4 is 43.5 Å². The first-order chi connectivity index (χ1) is 8.47. The Balaban J connectivity index is 2.34. The lowest BCUT2D eigenvalue weighted by molar-refractivity contribution is 0.458. The van der Waals surface area contributed by atoms with Crippen LogP contribution in [-0.2, 0) is 0 Å². The molecule has 0 aliphatic heterocycles. The van der Waals surface area contributed by atoms with Gasteiger partial charge in [-0.15, -0.1) is 0 Å². The van der Waals surface area contributed by atoms with Gasteiger partial charge in [0.1, 0.15) is 5.75 Å². The molecule has 5 heteroatoms. The minimum Gasteiger partial charge on any atom is -0.438 e. The molecule has 0 radical (unpaired) electrons. The van der Waals surface area contributed by atoms with Crippen LogP contribution in [0.2, 0.25) is 5.02 Å². The van der Waals surface area contributed by atoms with Crippen molar-refractivity contribution in [2.45, 2.75) is 13.8 Å². The zero-order valence-corrected chi connectivity index (χ0v) is 13.7. The van der Waals surface area contributed by atoms with Crippen LogP contribution < -0.4 is 4.74 Å². The van der Waals surface area contributed by atoms with Crippen molar-refractivity contribution in [3.8, 4) is 11.6 Å². The number of rotatable bonds is 2. The van der Waals surface area contributed by atoms with Crippen LogP contribution >= 0.6 is 43.5 Å². The number of aromatic nitrogens is 1. The highest BCUT2D eigenvalue weighted by Gasteiger charge is 2.08. The van der Waals surface area contributed by atoms with Crippen molar-refractivity contribution in [2.24, 2.45) is 0 Å². The van der Waals surface area contributed by atoms with Crippen LogP contribution in [0.25, 0.3) is 0 Å². The van der Waals surface area contributed by atoms with E-state index in [9.17, 15) is 0 Å². The quantitative estimate of drug-likeness (QED) is 0.658. The molecule has 0 bridgehead atoms. The summed E-state index contributed by atoms with van der Waals surface area (Å²) in [4.78, 5) is 4.21. The van der Waals surface area contributed by atoms with E-state index in [1.807, 2.05) is 32.0 Å². The third-order valence-electron chi connectivity index (χ3n) is 2.40. The van der Waals surface area contributed by atoms with Crippen molar-refractivity contribution in [1.29, 1.82) is 0 Å². The van der Waals surface area contributed by atoms with Crippen LogP contribution in [0, 0.1) is 13.8 Å². The summed E-state index contributed by atoms with van der Waals surface area (Å²) < 4.78 is 7.43. The molecular weight excluding hydrogens is 381 g/mol. The van der Waals surface area contributed by atoms with Gasteiger partial charge in [0.15, 0.2) is 0 Å². The van der Waals surface area contributed by atoms with Gasteiger partial charge in [0.25, 0.3) is 0 Å². The summed E-state index contributed by atoms with van der Waals surface area (Å²) >= 11 is 12.9. The normalized spacial score (nSPS) is 10.5. The molecule has 0 spiro atoms. The fraction of sp³-hybridized carbons (Fsp3) is 0.154. The molecule has 0 aliphatic carbocycles. The summed E-state index contributed by atoms with van der Waals surface area (Å²) in [7, 11) is 0. The zero-order chi connectivity index (χ0) is 13.3. The molecule has 0 saturated heterocycles. The Morgan fingerprint density at radius 1 is 1.11 bits per heavy atom. The maximum absolute atomic E-state index is 6.12. The summed E-state index contributed by atoms with van der Waals surface area (Å²) in [6.45, 7) is 3.90. The average molecular weight is 391 g/mol. The molecule has 2 aromatic rings. The summed E-state index contributed by atoms with van der Waals surface area (Å²) in [5.41, 5.74) is 1.97. The van der Waals surface area contributed by atoms with E-state index in [1.165, 1.54) is 0 Å². The molecule has 0 saturated carbocycles. The Morgan fingerprint density at radius 3 is 2.28 bits per heavy atom. The summed E-state index contributed by atoms with van der Waals surface area (Å²) in [5, 5.41) is 0.769. The van der Waals surface area contributed by atoms with Gasteiger partial charge < -0.3 is 4.74 Å². The van der Waals surface area contributed by atoms with Gasteiger partial charge in [0.2, 0.25) is 5.88 Å². The number of pyridine rings is 1. The monoisotopic (exact) mass is 389 g/mol. The molecular formula is C13H10Br2ClNO. The van der Waals surface area contributed by atoms with Crippen molar-refractivity contribution in [3.05, 3.63) is 49.5 Å². The van der Waals surface area contributed by atoms with Gasteiger partial charge in [-0.1, -0.05) is 11.6 Å². The van der Waals surface area contributed by atoms with E-state index >= 15 is 0 Å². The maximum atomic E-state index is 6.12. The Bertz CT molecular complexity index is 579. The van der Waals surface area contributed by atoms with Crippen LogP contribution in [0.5, 0.6) is 11.6 Å². The number of nitrogens with zero attached hydrogens (tertiary/aromatic N) is 1. The third-order valence-corrected chi connectivity index (χ3v) is 4.00. The SMILES string of the molecule is Cc1cc(Oc2ncc(Br)cc2Br)cc(C)c1Cl. The van der Waals surface area contributed by atoms with Crippen LogP contribution in [0.3, 0.4) is 0 Å². The summed E-state index contributed by atoms with van der Waals surface area (Å²) in [6.07, 6.45) is 1.69. The van der Waals surface area contributed by atoms with E-state index in [0.717, 1.165) is 30.8 Å². The zero-order valence-electron chi connectivity index (χ0n) is 9.80. The second-order valence-corrected chi connectivity index (χ2v) is 6.06. The number of hydrogen-bond donors (Lipinski definition) is 0. The predicted octanol–water partition coefficient (Wildman–Crippen LogP) is 5.67. The van der Waals surface area contributed by atoms with Crippen LogP contribution in [0.4, 0.5) is 0 Å². The first kappa shape index (κ1) is 13.8. The van der Waals surface area contributed by atoms with E-state index in [-0.39, 0.29) is 0 Å². The molecule has 0 amide bonds. The van der Waals surface area contributed by atoms with Gasteiger partial charge in [-0.05, 0) is 75.0 Å². The predicted molar refractivity (Wildman–Crippen MR) is 80.6 cm³/mol. The second-order valence-electron chi connectivity index (χ2n) is 3.91. The molecule has 0 N–H and O–H groups in total. The lowest BCUT2D eigenvalue weighted by Crippen LogP contribution is -1.91. The van der Waals surface area contributed by atoms with Gasteiger partial charge in [0, 0.05) is 15.7 Å². The minimum absolute atomic E-state index is 0.527. The van der Waals surface area contributed by atoms with Crippen molar-refractivity contribution in [3.63, 3.8) is 0 Å². The van der Waals surface area contributed by atoms with Crippen LogP contribution in [0.15, 0.2) is 33.3 Å². The second kappa shape index (κ2) is 5.59. The topological polar surface area (TPSA) is 22.1 Å². The number of ether oxygens (including phenoxy) is 1. The molecule has 2 nitrogen and oxygen atoms in total. The molecule has 18 heavy (non-hydrogen) atoms. The summed E-state index contributed by atoms with van der Waals surface area (Å²) in [6, 6.07) is 5.68. The van der Waals surface area contributed by atoms with Gasteiger partial charge in [-0.3, -0.25) is 0 Å². The lowest BCUT2D eigenvalue weighted by Gasteiger charge is -2.10. The number of halogens is 3. The average Bonchev–Trinajstić information content (AvgIpc) is 2.29. The van der Waals surface area contributed by atoms with Gasteiger partial charge in [0.05, 0.1) is 4.47 Å².